The van der Waals surface area contributed by atoms with E-state index in [4.69, 9.17) is 5.73 Å². The number of nitrogens with two attached hydrogens (primary N) is 1. The fourth-order valence-corrected chi connectivity index (χ4v) is 1.33. The Balaban J connectivity index is 2.32. The predicted octanol–water partition coefficient (Wildman–Crippen LogP) is 2.82. The number of nitrogens with zero attached hydrogens (tertiary/aromatic N) is 2. The lowest BCUT2D eigenvalue weighted by Gasteiger charge is -2.09. The molecule has 94 valence electrons. The molecule has 3 N–H and O–H groups in total. The van der Waals surface area contributed by atoms with Crippen molar-refractivity contribution >= 4 is 17.3 Å². The lowest BCUT2D eigenvalue weighted by molar-refractivity contribution is -0.144. The van der Waals surface area contributed by atoms with Crippen molar-refractivity contribution in [2.24, 2.45) is 0 Å². The van der Waals surface area contributed by atoms with Crippen molar-refractivity contribution in [2.75, 3.05) is 11.1 Å². The third-order valence-corrected chi connectivity index (χ3v) is 2.05. The highest BCUT2D eigenvalue weighted by atomic mass is 19.4. The van der Waals surface area contributed by atoms with Gasteiger partial charge in [0.2, 0.25) is 5.82 Å². The van der Waals surface area contributed by atoms with E-state index in [2.05, 4.69) is 15.3 Å². The number of nitrogen functional groups attached to an aromatic ring is 1. The number of hydrogen-bond donors (Lipinski definition) is 2. The SMILES string of the molecule is Nc1cc(Nc2ccccc2)nc(C(F)(F)F)n1. The minimum Gasteiger partial charge on any atom is -0.384 e. The summed E-state index contributed by atoms with van der Waals surface area (Å²) in [7, 11) is 0. The molecular weight excluding hydrogens is 245 g/mol. The fourth-order valence-electron chi connectivity index (χ4n) is 1.33. The van der Waals surface area contributed by atoms with E-state index in [0.29, 0.717) is 5.69 Å². The molecule has 0 saturated carbocycles. The Kier molecular flexibility index (Phi) is 3.05. The van der Waals surface area contributed by atoms with E-state index in [1.807, 2.05) is 0 Å². The second-order valence-electron chi connectivity index (χ2n) is 3.49. The first-order valence-electron chi connectivity index (χ1n) is 4.99. The first-order valence-corrected chi connectivity index (χ1v) is 4.99. The van der Waals surface area contributed by atoms with Crippen molar-refractivity contribution in [2.45, 2.75) is 6.18 Å². The molecule has 0 aliphatic carbocycles. The maximum absolute atomic E-state index is 12.5. The molecule has 0 unspecified atom stereocenters. The Bertz CT molecular complexity index is 540. The van der Waals surface area contributed by atoms with Gasteiger partial charge in [-0.05, 0) is 12.1 Å². The smallest absolute Gasteiger partial charge is 0.384 e. The molecule has 7 heteroatoms. The number of halogens is 3. The number of aromatic nitrogens is 2. The van der Waals surface area contributed by atoms with Crippen LogP contribution in [-0.4, -0.2) is 9.97 Å². The summed E-state index contributed by atoms with van der Waals surface area (Å²) in [6, 6.07) is 9.93. The molecule has 0 radical (unpaired) electrons. The summed E-state index contributed by atoms with van der Waals surface area (Å²) in [6.45, 7) is 0. The lowest BCUT2D eigenvalue weighted by atomic mass is 10.3. The summed E-state index contributed by atoms with van der Waals surface area (Å²) in [5.41, 5.74) is 5.93. The molecule has 0 aliphatic heterocycles. The highest BCUT2D eigenvalue weighted by Gasteiger charge is 2.35. The van der Waals surface area contributed by atoms with Crippen LogP contribution in [0.4, 0.5) is 30.5 Å². The molecule has 0 aliphatic rings. The van der Waals surface area contributed by atoms with Gasteiger partial charge >= 0.3 is 6.18 Å². The van der Waals surface area contributed by atoms with Gasteiger partial charge in [0.15, 0.2) is 0 Å². The zero-order valence-electron chi connectivity index (χ0n) is 9.07. The first-order chi connectivity index (χ1) is 8.45. The molecule has 1 aromatic heterocycles. The van der Waals surface area contributed by atoms with Gasteiger partial charge in [-0.3, -0.25) is 0 Å². The molecule has 4 nitrogen and oxygen atoms in total. The quantitative estimate of drug-likeness (QED) is 0.864. The van der Waals surface area contributed by atoms with Crippen molar-refractivity contribution in [3.63, 3.8) is 0 Å². The maximum Gasteiger partial charge on any atom is 0.451 e. The van der Waals surface area contributed by atoms with Crippen LogP contribution in [-0.2, 0) is 6.18 Å². The van der Waals surface area contributed by atoms with Crippen molar-refractivity contribution in [3.05, 3.63) is 42.2 Å². The number of para-hydroxylation sites is 1. The van der Waals surface area contributed by atoms with Gasteiger partial charge < -0.3 is 11.1 Å². The van der Waals surface area contributed by atoms with Crippen molar-refractivity contribution < 1.29 is 13.2 Å². The molecule has 1 aromatic carbocycles. The second kappa shape index (κ2) is 4.52. The van der Waals surface area contributed by atoms with Crippen molar-refractivity contribution in [3.8, 4) is 0 Å². The number of alkyl halides is 3. The van der Waals surface area contributed by atoms with Crippen LogP contribution in [0.15, 0.2) is 36.4 Å². The molecule has 0 saturated heterocycles. The van der Waals surface area contributed by atoms with Crippen LogP contribution in [0.2, 0.25) is 0 Å². The number of rotatable bonds is 2. The van der Waals surface area contributed by atoms with Crippen molar-refractivity contribution in [1.29, 1.82) is 0 Å². The fraction of sp³-hybridized carbons (Fsp3) is 0.0909. The van der Waals surface area contributed by atoms with Gasteiger partial charge in [-0.1, -0.05) is 18.2 Å². The average Bonchev–Trinajstić information content (AvgIpc) is 2.28. The number of benzene rings is 1. The summed E-state index contributed by atoms with van der Waals surface area (Å²) in [6.07, 6.45) is -4.62. The third-order valence-electron chi connectivity index (χ3n) is 2.05. The van der Waals surface area contributed by atoms with Crippen LogP contribution in [0.5, 0.6) is 0 Å². The zero-order chi connectivity index (χ0) is 13.2. The summed E-state index contributed by atoms with van der Waals surface area (Å²) in [5.74, 6) is -1.50. The number of hydrogen-bond acceptors (Lipinski definition) is 4. The summed E-state index contributed by atoms with van der Waals surface area (Å²) < 4.78 is 37.4. The molecule has 0 bridgehead atoms. The van der Waals surface area contributed by atoms with Gasteiger partial charge in [-0.15, -0.1) is 0 Å². The van der Waals surface area contributed by atoms with Crippen LogP contribution in [0, 0.1) is 0 Å². The standard InChI is InChI=1S/C11H9F3N4/c12-11(13,14)10-17-8(15)6-9(18-10)16-7-4-2-1-3-5-7/h1-6H,(H3,15,16,17,18). The van der Waals surface area contributed by atoms with E-state index in [1.165, 1.54) is 6.07 Å². The van der Waals surface area contributed by atoms with E-state index >= 15 is 0 Å². The number of nitrogens with one attached hydrogen (secondary N) is 1. The van der Waals surface area contributed by atoms with Gasteiger partial charge in [-0.2, -0.15) is 13.2 Å². The van der Waals surface area contributed by atoms with Crippen LogP contribution in [0.3, 0.4) is 0 Å². The third kappa shape index (κ3) is 2.88. The maximum atomic E-state index is 12.5. The molecular formula is C11H9F3N4. The molecule has 0 atom stereocenters. The zero-order valence-corrected chi connectivity index (χ0v) is 9.07. The lowest BCUT2D eigenvalue weighted by Crippen LogP contribution is -2.13. The topological polar surface area (TPSA) is 63.8 Å². The molecule has 0 fully saturated rings. The van der Waals surface area contributed by atoms with Crippen LogP contribution in [0.25, 0.3) is 0 Å². The molecule has 18 heavy (non-hydrogen) atoms. The van der Waals surface area contributed by atoms with Crippen LogP contribution in [0.1, 0.15) is 5.82 Å². The highest BCUT2D eigenvalue weighted by molar-refractivity contribution is 5.58. The Labute approximate surface area is 101 Å². The Hall–Kier alpha value is -2.31. The van der Waals surface area contributed by atoms with Gasteiger partial charge in [-0.25, -0.2) is 9.97 Å². The van der Waals surface area contributed by atoms with E-state index in [0.717, 1.165) is 0 Å². The summed E-state index contributed by atoms with van der Waals surface area (Å²) in [5, 5.41) is 2.73. The minimum absolute atomic E-state index is 0.000949. The van der Waals surface area contributed by atoms with Gasteiger partial charge in [0.05, 0.1) is 0 Å². The van der Waals surface area contributed by atoms with Gasteiger partial charge in [0.25, 0.3) is 0 Å². The van der Waals surface area contributed by atoms with E-state index in [1.54, 1.807) is 30.3 Å². The van der Waals surface area contributed by atoms with E-state index < -0.39 is 12.0 Å². The molecule has 2 aromatic rings. The normalized spacial score (nSPS) is 11.3. The van der Waals surface area contributed by atoms with Gasteiger partial charge in [0, 0.05) is 11.8 Å². The average molecular weight is 254 g/mol. The number of anilines is 3. The highest BCUT2D eigenvalue weighted by Crippen LogP contribution is 2.28. The largest absolute Gasteiger partial charge is 0.451 e. The van der Waals surface area contributed by atoms with E-state index in [9.17, 15) is 13.2 Å². The second-order valence-corrected chi connectivity index (χ2v) is 3.49. The van der Waals surface area contributed by atoms with Crippen LogP contribution >= 0.6 is 0 Å². The minimum atomic E-state index is -4.62. The first kappa shape index (κ1) is 12.2. The predicted molar refractivity (Wildman–Crippen MR) is 61.2 cm³/mol. The van der Waals surface area contributed by atoms with Crippen LogP contribution < -0.4 is 11.1 Å². The molecule has 0 spiro atoms. The Morgan fingerprint density at radius 3 is 2.33 bits per heavy atom. The molecule has 2 rings (SSSR count). The molecule has 0 amide bonds. The Morgan fingerprint density at radius 2 is 1.72 bits per heavy atom. The van der Waals surface area contributed by atoms with Gasteiger partial charge in [0.1, 0.15) is 11.6 Å². The monoisotopic (exact) mass is 254 g/mol. The van der Waals surface area contributed by atoms with Crippen molar-refractivity contribution in [1.82, 2.24) is 9.97 Å². The summed E-state index contributed by atoms with van der Waals surface area (Å²) in [4.78, 5) is 6.52. The summed E-state index contributed by atoms with van der Waals surface area (Å²) >= 11 is 0. The Morgan fingerprint density at radius 1 is 1.06 bits per heavy atom. The molecule has 1 heterocycles. The van der Waals surface area contributed by atoms with E-state index in [-0.39, 0.29) is 11.6 Å².